The van der Waals surface area contributed by atoms with Crippen molar-refractivity contribution in [1.82, 2.24) is 4.98 Å². The number of pyridine rings is 1. The van der Waals surface area contributed by atoms with Crippen molar-refractivity contribution in [3.63, 3.8) is 0 Å². The first-order valence-electron chi connectivity index (χ1n) is 4.78. The van der Waals surface area contributed by atoms with Gasteiger partial charge in [-0.25, -0.2) is 0 Å². The fourth-order valence-electron chi connectivity index (χ4n) is 1.10. The average Bonchev–Trinajstić information content (AvgIpc) is 2.17. The molecule has 3 heteroatoms. The molecular weight excluding hydrogens is 178 g/mol. The fourth-order valence-corrected chi connectivity index (χ4v) is 1.10. The molecule has 3 nitrogen and oxygen atoms in total. The Kier molecular flexibility index (Phi) is 3.63. The van der Waals surface area contributed by atoms with E-state index in [1.165, 1.54) is 0 Å². The predicted octanol–water partition coefficient (Wildman–Crippen LogP) is 2.32. The van der Waals surface area contributed by atoms with Crippen LogP contribution in [0.15, 0.2) is 18.3 Å². The van der Waals surface area contributed by atoms with Gasteiger partial charge in [0, 0.05) is 18.2 Å². The minimum atomic E-state index is -0.0284. The van der Waals surface area contributed by atoms with Gasteiger partial charge in [0.1, 0.15) is 11.4 Å². The van der Waals surface area contributed by atoms with Crippen LogP contribution in [-0.2, 0) is 0 Å². The zero-order chi connectivity index (χ0) is 10.6. The maximum Gasteiger partial charge on any atom is 0.183 e. The smallest absolute Gasteiger partial charge is 0.183 e. The zero-order valence-electron chi connectivity index (χ0n) is 8.78. The highest BCUT2D eigenvalue weighted by Crippen LogP contribution is 2.13. The quantitative estimate of drug-likeness (QED) is 0.689. The van der Waals surface area contributed by atoms with Crippen molar-refractivity contribution in [3.8, 4) is 5.75 Å². The van der Waals surface area contributed by atoms with Crippen LogP contribution in [0.3, 0.4) is 0 Å². The molecule has 1 heterocycles. The molecule has 0 unspecified atom stereocenters. The Morgan fingerprint density at radius 2 is 2.29 bits per heavy atom. The molecule has 1 aromatic heterocycles. The van der Waals surface area contributed by atoms with Gasteiger partial charge >= 0.3 is 0 Å². The Bertz CT molecular complexity index is 321. The minimum Gasteiger partial charge on any atom is -0.494 e. The van der Waals surface area contributed by atoms with Crippen LogP contribution in [0.2, 0.25) is 0 Å². The lowest BCUT2D eigenvalue weighted by Crippen LogP contribution is -2.09. The SMILES string of the molecule is CCOc1ccnc(C(=O)C(C)C)c1. The summed E-state index contributed by atoms with van der Waals surface area (Å²) in [6.45, 7) is 6.22. The second-order valence-corrected chi connectivity index (χ2v) is 3.33. The van der Waals surface area contributed by atoms with Crippen LogP contribution < -0.4 is 4.74 Å². The van der Waals surface area contributed by atoms with Gasteiger partial charge in [0.05, 0.1) is 6.61 Å². The monoisotopic (exact) mass is 193 g/mol. The Morgan fingerprint density at radius 3 is 2.86 bits per heavy atom. The highest BCUT2D eigenvalue weighted by molar-refractivity contribution is 5.95. The molecule has 0 atom stereocenters. The molecule has 0 bridgehead atoms. The molecule has 0 radical (unpaired) electrons. The van der Waals surface area contributed by atoms with Crippen molar-refractivity contribution in [2.75, 3.05) is 6.61 Å². The molecule has 0 saturated heterocycles. The number of ketones is 1. The van der Waals surface area contributed by atoms with Crippen molar-refractivity contribution in [2.45, 2.75) is 20.8 Å². The topological polar surface area (TPSA) is 39.2 Å². The van der Waals surface area contributed by atoms with E-state index in [-0.39, 0.29) is 11.7 Å². The fraction of sp³-hybridized carbons (Fsp3) is 0.455. The molecular formula is C11H15NO2. The van der Waals surface area contributed by atoms with Crippen LogP contribution in [-0.4, -0.2) is 17.4 Å². The lowest BCUT2D eigenvalue weighted by molar-refractivity contribution is 0.0934. The summed E-state index contributed by atoms with van der Waals surface area (Å²) in [5.41, 5.74) is 0.478. The molecule has 0 aromatic carbocycles. The average molecular weight is 193 g/mol. The van der Waals surface area contributed by atoms with Gasteiger partial charge < -0.3 is 4.74 Å². The van der Waals surface area contributed by atoms with Crippen LogP contribution in [0.25, 0.3) is 0 Å². The summed E-state index contributed by atoms with van der Waals surface area (Å²) in [6.07, 6.45) is 1.60. The van der Waals surface area contributed by atoms with Crippen LogP contribution in [0.5, 0.6) is 5.75 Å². The van der Waals surface area contributed by atoms with Crippen LogP contribution in [0.4, 0.5) is 0 Å². The number of hydrogen-bond acceptors (Lipinski definition) is 3. The summed E-state index contributed by atoms with van der Waals surface area (Å²) in [4.78, 5) is 15.6. The lowest BCUT2D eigenvalue weighted by atomic mass is 10.1. The highest BCUT2D eigenvalue weighted by atomic mass is 16.5. The molecule has 0 aliphatic rings. The van der Waals surface area contributed by atoms with E-state index in [0.717, 1.165) is 0 Å². The normalized spacial score (nSPS) is 10.3. The number of aromatic nitrogens is 1. The van der Waals surface area contributed by atoms with E-state index in [1.54, 1.807) is 18.3 Å². The van der Waals surface area contributed by atoms with Gasteiger partial charge in [-0.3, -0.25) is 9.78 Å². The third-order valence-electron chi connectivity index (χ3n) is 1.82. The molecule has 1 aromatic rings. The number of carbonyl (C=O) groups excluding carboxylic acids is 1. The van der Waals surface area contributed by atoms with Crippen molar-refractivity contribution < 1.29 is 9.53 Å². The second kappa shape index (κ2) is 4.74. The molecule has 0 fully saturated rings. The predicted molar refractivity (Wildman–Crippen MR) is 54.6 cm³/mol. The number of nitrogens with zero attached hydrogens (tertiary/aromatic N) is 1. The van der Waals surface area contributed by atoms with E-state index in [1.807, 2.05) is 20.8 Å². The molecule has 0 N–H and O–H groups in total. The summed E-state index contributed by atoms with van der Waals surface area (Å²) >= 11 is 0. The van der Waals surface area contributed by atoms with E-state index in [2.05, 4.69) is 4.98 Å². The van der Waals surface area contributed by atoms with Crippen molar-refractivity contribution in [2.24, 2.45) is 5.92 Å². The van der Waals surface area contributed by atoms with Crippen molar-refractivity contribution in [3.05, 3.63) is 24.0 Å². The summed E-state index contributed by atoms with van der Waals surface area (Å²) in [6, 6.07) is 3.44. The second-order valence-electron chi connectivity index (χ2n) is 3.33. The maximum atomic E-state index is 11.6. The number of rotatable bonds is 4. The summed E-state index contributed by atoms with van der Waals surface area (Å²) in [5, 5.41) is 0. The lowest BCUT2D eigenvalue weighted by Gasteiger charge is -2.06. The number of Topliss-reactive ketones (excluding diaryl/α,β-unsaturated/α-hetero) is 1. The Hall–Kier alpha value is -1.38. The molecule has 0 saturated carbocycles. The van der Waals surface area contributed by atoms with Gasteiger partial charge in [0.15, 0.2) is 5.78 Å². The highest BCUT2D eigenvalue weighted by Gasteiger charge is 2.12. The van der Waals surface area contributed by atoms with Gasteiger partial charge in [-0.15, -0.1) is 0 Å². The number of carbonyl (C=O) groups is 1. The van der Waals surface area contributed by atoms with Crippen molar-refractivity contribution >= 4 is 5.78 Å². The first kappa shape index (κ1) is 10.7. The number of ether oxygens (including phenoxy) is 1. The van der Waals surface area contributed by atoms with E-state index in [4.69, 9.17) is 4.74 Å². The summed E-state index contributed by atoms with van der Waals surface area (Å²) in [5.74, 6) is 0.720. The molecule has 1 rings (SSSR count). The minimum absolute atomic E-state index is 0.0284. The van der Waals surface area contributed by atoms with Gasteiger partial charge in [-0.1, -0.05) is 13.8 Å². The first-order valence-corrected chi connectivity index (χ1v) is 4.78. The van der Waals surface area contributed by atoms with Crippen LogP contribution in [0, 0.1) is 5.92 Å². The standard InChI is InChI=1S/C11H15NO2/c1-4-14-9-5-6-12-10(7-9)11(13)8(2)3/h5-8H,4H2,1-3H3. The molecule has 14 heavy (non-hydrogen) atoms. The molecule has 0 aliphatic heterocycles. The summed E-state index contributed by atoms with van der Waals surface area (Å²) < 4.78 is 5.28. The summed E-state index contributed by atoms with van der Waals surface area (Å²) in [7, 11) is 0. The van der Waals surface area contributed by atoms with Gasteiger partial charge in [-0.05, 0) is 13.0 Å². The largest absolute Gasteiger partial charge is 0.494 e. The van der Waals surface area contributed by atoms with Gasteiger partial charge in [0.25, 0.3) is 0 Å². The maximum absolute atomic E-state index is 11.6. The van der Waals surface area contributed by atoms with Gasteiger partial charge in [0.2, 0.25) is 0 Å². The first-order chi connectivity index (χ1) is 6.65. The zero-order valence-corrected chi connectivity index (χ0v) is 8.78. The number of hydrogen-bond donors (Lipinski definition) is 0. The molecule has 76 valence electrons. The van der Waals surface area contributed by atoms with Crippen LogP contribution >= 0.6 is 0 Å². The van der Waals surface area contributed by atoms with E-state index < -0.39 is 0 Å². The van der Waals surface area contributed by atoms with E-state index >= 15 is 0 Å². The van der Waals surface area contributed by atoms with E-state index in [9.17, 15) is 4.79 Å². The van der Waals surface area contributed by atoms with Crippen LogP contribution in [0.1, 0.15) is 31.3 Å². The Morgan fingerprint density at radius 1 is 1.57 bits per heavy atom. The molecule has 0 amide bonds. The third-order valence-corrected chi connectivity index (χ3v) is 1.82. The Labute approximate surface area is 84.1 Å². The van der Waals surface area contributed by atoms with Gasteiger partial charge in [-0.2, -0.15) is 0 Å². The van der Waals surface area contributed by atoms with E-state index in [0.29, 0.717) is 18.1 Å². The van der Waals surface area contributed by atoms with Crippen molar-refractivity contribution in [1.29, 1.82) is 0 Å². The third kappa shape index (κ3) is 2.55. The molecule has 0 aliphatic carbocycles. The Balaban J connectivity index is 2.88. The molecule has 0 spiro atoms.